The fourth-order valence-corrected chi connectivity index (χ4v) is 6.29. The van der Waals surface area contributed by atoms with Crippen LogP contribution in [-0.4, -0.2) is 18.7 Å². The van der Waals surface area contributed by atoms with Gasteiger partial charge in [-0.05, 0) is 79.1 Å². The highest BCUT2D eigenvalue weighted by Gasteiger charge is 2.24. The molecule has 38 heavy (non-hydrogen) atoms. The molecule has 0 spiro atoms. The lowest BCUT2D eigenvalue weighted by Crippen LogP contribution is -2.15. The van der Waals surface area contributed by atoms with Crippen molar-refractivity contribution in [3.63, 3.8) is 0 Å². The van der Waals surface area contributed by atoms with Gasteiger partial charge in [0.05, 0.1) is 5.56 Å². The minimum atomic E-state index is -0.0920. The van der Waals surface area contributed by atoms with Gasteiger partial charge in [0.15, 0.2) is 0 Å². The number of rotatable bonds is 6. The van der Waals surface area contributed by atoms with E-state index < -0.39 is 0 Å². The van der Waals surface area contributed by atoms with E-state index in [1.165, 1.54) is 17.7 Å². The summed E-state index contributed by atoms with van der Waals surface area (Å²) in [7, 11) is 0. The monoisotopic (exact) mass is 520 g/mol. The Balaban J connectivity index is 1.59. The molecule has 0 saturated carbocycles. The molecule has 1 N–H and O–H groups in total. The van der Waals surface area contributed by atoms with Crippen molar-refractivity contribution in [1.82, 2.24) is 0 Å². The van der Waals surface area contributed by atoms with Gasteiger partial charge in [0.2, 0.25) is 0 Å². The first-order valence-corrected chi connectivity index (χ1v) is 14.0. The molecule has 5 heteroatoms. The van der Waals surface area contributed by atoms with E-state index in [0.29, 0.717) is 11.3 Å². The van der Waals surface area contributed by atoms with E-state index in [1.54, 1.807) is 11.3 Å². The number of nitrogens with zero attached hydrogens (tertiary/aromatic N) is 1. The van der Waals surface area contributed by atoms with E-state index in [9.17, 15) is 4.79 Å². The molecular formula is C33H32N2O2S. The van der Waals surface area contributed by atoms with E-state index in [4.69, 9.17) is 16.2 Å². The first-order valence-electron chi connectivity index (χ1n) is 13.2. The maximum absolute atomic E-state index is 13.8. The van der Waals surface area contributed by atoms with Crippen LogP contribution in [0.1, 0.15) is 63.2 Å². The predicted molar refractivity (Wildman–Crippen MR) is 160 cm³/mol. The molecule has 1 amide bonds. The summed E-state index contributed by atoms with van der Waals surface area (Å²) >= 11 is 1.65. The summed E-state index contributed by atoms with van der Waals surface area (Å²) in [6.45, 7) is 4.23. The van der Waals surface area contributed by atoms with Crippen LogP contribution in [-0.2, 0) is 12.8 Å². The molecule has 3 aromatic carbocycles. The van der Waals surface area contributed by atoms with E-state index in [-0.39, 0.29) is 12.5 Å². The third kappa shape index (κ3) is 5.51. The molecule has 0 radical (unpaired) electrons. The number of fused-ring (bicyclic) bond motifs is 2. The maximum Gasteiger partial charge on any atom is 0.259 e. The number of benzene rings is 3. The van der Waals surface area contributed by atoms with Crippen LogP contribution in [0.25, 0.3) is 10.8 Å². The van der Waals surface area contributed by atoms with Gasteiger partial charge in [-0.15, -0.1) is 17.8 Å². The number of terminal acetylenes is 1. The number of anilines is 1. The zero-order valence-electron chi connectivity index (χ0n) is 22.0. The van der Waals surface area contributed by atoms with Crippen molar-refractivity contribution >= 4 is 44.9 Å². The van der Waals surface area contributed by atoms with Crippen molar-refractivity contribution in [3.8, 4) is 18.1 Å². The highest BCUT2D eigenvalue weighted by molar-refractivity contribution is 7.16. The number of aliphatic imine (C=N–C) groups is 1. The molecule has 0 atom stereocenters. The van der Waals surface area contributed by atoms with Crippen LogP contribution in [0.3, 0.4) is 0 Å². The third-order valence-corrected chi connectivity index (χ3v) is 8.27. The smallest absolute Gasteiger partial charge is 0.259 e. The average molecular weight is 521 g/mol. The van der Waals surface area contributed by atoms with Crippen LogP contribution in [0, 0.1) is 26.2 Å². The van der Waals surface area contributed by atoms with Crippen LogP contribution in [0.2, 0.25) is 0 Å². The molecule has 192 valence electrons. The number of hydrogen-bond acceptors (Lipinski definition) is 4. The highest BCUT2D eigenvalue weighted by Crippen LogP contribution is 2.40. The van der Waals surface area contributed by atoms with Crippen LogP contribution in [0.15, 0.2) is 59.6 Å². The number of ether oxygens (including phenoxy) is 1. The summed E-state index contributed by atoms with van der Waals surface area (Å²) in [5.74, 6) is 3.14. The topological polar surface area (TPSA) is 50.7 Å². The molecule has 0 aliphatic heterocycles. The summed E-state index contributed by atoms with van der Waals surface area (Å²) in [6, 6.07) is 18.2. The van der Waals surface area contributed by atoms with Crippen LogP contribution >= 0.6 is 11.3 Å². The van der Waals surface area contributed by atoms with Gasteiger partial charge in [0.25, 0.3) is 5.91 Å². The Kier molecular flexibility index (Phi) is 7.91. The van der Waals surface area contributed by atoms with Crippen molar-refractivity contribution in [2.45, 2.75) is 52.4 Å². The van der Waals surface area contributed by atoms with Crippen molar-refractivity contribution in [3.05, 3.63) is 87.3 Å². The number of carbonyl (C=O) groups is 1. The average Bonchev–Trinajstić information content (AvgIpc) is 3.24. The van der Waals surface area contributed by atoms with Crippen molar-refractivity contribution in [2.75, 3.05) is 11.9 Å². The third-order valence-electron chi connectivity index (χ3n) is 7.07. The largest absolute Gasteiger partial charge is 0.480 e. The minimum absolute atomic E-state index is 0.0920. The van der Waals surface area contributed by atoms with E-state index in [0.717, 1.165) is 69.4 Å². The van der Waals surface area contributed by atoms with Crippen LogP contribution < -0.4 is 10.1 Å². The number of amides is 1. The molecule has 0 unspecified atom stereocenters. The van der Waals surface area contributed by atoms with Crippen molar-refractivity contribution < 1.29 is 9.53 Å². The number of hydrogen-bond donors (Lipinski definition) is 1. The molecule has 1 aromatic heterocycles. The van der Waals surface area contributed by atoms with Gasteiger partial charge in [0.1, 0.15) is 17.4 Å². The van der Waals surface area contributed by atoms with Gasteiger partial charge in [0, 0.05) is 22.3 Å². The first-order chi connectivity index (χ1) is 18.5. The molecule has 0 bridgehead atoms. The Hall–Kier alpha value is -3.88. The molecule has 4 nitrogen and oxygen atoms in total. The molecule has 1 aliphatic carbocycles. The number of nitrogens with one attached hydrogen (secondary N) is 1. The van der Waals surface area contributed by atoms with Gasteiger partial charge >= 0.3 is 0 Å². The molecular weight excluding hydrogens is 488 g/mol. The standard InChI is InChI=1S/C33H32N2O2S/c1-4-19-37-29-18-17-24-11-9-10-12-25(24)27(29)21-34-33-31(26-13-7-5-6-8-14-30(26)38-33)32(36)35-28-20-22(2)15-16-23(28)3/h1,9-12,15-18,20-21H,5-8,13-14,19H2,2-3H3,(H,35,36). The van der Waals surface area contributed by atoms with E-state index >= 15 is 0 Å². The van der Waals surface area contributed by atoms with Crippen LogP contribution in [0.5, 0.6) is 5.75 Å². The summed E-state index contributed by atoms with van der Waals surface area (Å²) < 4.78 is 5.87. The summed E-state index contributed by atoms with van der Waals surface area (Å²) in [6.07, 6.45) is 13.8. The first kappa shape index (κ1) is 25.8. The van der Waals surface area contributed by atoms with Crippen molar-refractivity contribution in [2.24, 2.45) is 4.99 Å². The Morgan fingerprint density at radius 2 is 1.89 bits per heavy atom. The fourth-order valence-electron chi connectivity index (χ4n) is 5.06. The molecule has 1 heterocycles. The lowest BCUT2D eigenvalue weighted by molar-refractivity contribution is 0.102. The molecule has 5 rings (SSSR count). The SMILES string of the molecule is C#CCOc1ccc2ccccc2c1C=Nc1sc2c(c1C(=O)Nc1cc(C)ccc1C)CCCCCC2. The second-order valence-electron chi connectivity index (χ2n) is 9.82. The second-order valence-corrected chi connectivity index (χ2v) is 10.9. The fraction of sp³-hybridized carbons (Fsp3) is 0.273. The lowest BCUT2D eigenvalue weighted by atomic mass is 9.96. The summed E-state index contributed by atoms with van der Waals surface area (Å²) in [5, 5.41) is 6.06. The number of carbonyl (C=O) groups excluding carboxylic acids is 1. The van der Waals surface area contributed by atoms with Gasteiger partial charge in [-0.2, -0.15) is 0 Å². The molecule has 4 aromatic rings. The van der Waals surface area contributed by atoms with Gasteiger partial charge in [-0.25, -0.2) is 4.99 Å². The normalized spacial score (nSPS) is 13.5. The lowest BCUT2D eigenvalue weighted by Gasteiger charge is -2.13. The minimum Gasteiger partial charge on any atom is -0.480 e. The van der Waals surface area contributed by atoms with E-state index in [2.05, 4.69) is 29.4 Å². The van der Waals surface area contributed by atoms with Crippen molar-refractivity contribution in [1.29, 1.82) is 0 Å². The van der Waals surface area contributed by atoms with E-state index in [1.807, 2.05) is 56.5 Å². The summed E-state index contributed by atoms with van der Waals surface area (Å²) in [5.41, 5.74) is 5.72. The number of aryl methyl sites for hydroxylation is 3. The highest BCUT2D eigenvalue weighted by atomic mass is 32.1. The molecule has 0 fully saturated rings. The second kappa shape index (κ2) is 11.7. The van der Waals surface area contributed by atoms with Gasteiger partial charge in [-0.1, -0.05) is 61.2 Å². The maximum atomic E-state index is 13.8. The molecule has 1 aliphatic rings. The van der Waals surface area contributed by atoms with Crippen LogP contribution in [0.4, 0.5) is 10.7 Å². The van der Waals surface area contributed by atoms with Gasteiger partial charge < -0.3 is 10.1 Å². The quantitative estimate of drug-likeness (QED) is 0.206. The van der Waals surface area contributed by atoms with Gasteiger partial charge in [-0.3, -0.25) is 4.79 Å². The Bertz CT molecular complexity index is 1560. The Labute approximate surface area is 228 Å². The number of thiophene rings is 1. The molecule has 0 saturated heterocycles. The zero-order chi connectivity index (χ0) is 26.5. The Morgan fingerprint density at radius 3 is 2.74 bits per heavy atom. The summed E-state index contributed by atoms with van der Waals surface area (Å²) in [4.78, 5) is 20.1. The Morgan fingerprint density at radius 1 is 1.08 bits per heavy atom. The zero-order valence-corrected chi connectivity index (χ0v) is 22.8. The predicted octanol–water partition coefficient (Wildman–Crippen LogP) is 8.19.